The number of carbonyl (C=O) groups is 1. The number of benzene rings is 1. The summed E-state index contributed by atoms with van der Waals surface area (Å²) in [4.78, 5) is 16.8. The Hall–Kier alpha value is -1.51. The molecule has 3 heteroatoms. The van der Waals surface area contributed by atoms with Crippen molar-refractivity contribution in [2.24, 2.45) is 5.92 Å². The Morgan fingerprint density at radius 2 is 1.65 bits per heavy atom. The molecule has 0 bridgehead atoms. The molecule has 2 aliphatic heterocycles. The zero-order valence-electron chi connectivity index (χ0n) is 14.5. The monoisotopic (exact) mass is 314 g/mol. The Labute approximate surface area is 140 Å². The maximum absolute atomic E-state index is 12.3. The van der Waals surface area contributed by atoms with E-state index in [1.54, 1.807) is 0 Å². The van der Waals surface area contributed by atoms with Gasteiger partial charge in [-0.2, -0.15) is 0 Å². The summed E-state index contributed by atoms with van der Waals surface area (Å²) >= 11 is 0. The first kappa shape index (κ1) is 16.4. The van der Waals surface area contributed by atoms with Gasteiger partial charge in [0.25, 0.3) is 0 Å². The van der Waals surface area contributed by atoms with E-state index >= 15 is 0 Å². The average molecular weight is 314 g/mol. The summed E-state index contributed by atoms with van der Waals surface area (Å²) in [6.45, 7) is 6.56. The smallest absolute Gasteiger partial charge is 0.222 e. The van der Waals surface area contributed by atoms with Crippen LogP contribution >= 0.6 is 0 Å². The quantitative estimate of drug-likeness (QED) is 0.842. The fraction of sp³-hybridized carbons (Fsp3) is 0.650. The largest absolute Gasteiger partial charge is 0.372 e. The van der Waals surface area contributed by atoms with Gasteiger partial charge in [-0.25, -0.2) is 0 Å². The summed E-state index contributed by atoms with van der Waals surface area (Å²) in [7, 11) is 0. The first-order valence-electron chi connectivity index (χ1n) is 9.34. The number of aryl methyl sites for hydroxylation is 1. The van der Waals surface area contributed by atoms with Crippen molar-refractivity contribution in [3.05, 3.63) is 29.8 Å². The highest BCUT2D eigenvalue weighted by molar-refractivity contribution is 5.76. The Balaban J connectivity index is 1.47. The second-order valence-electron chi connectivity index (χ2n) is 7.28. The normalized spacial score (nSPS) is 19.9. The second kappa shape index (κ2) is 7.85. The minimum Gasteiger partial charge on any atom is -0.372 e. The number of likely N-dealkylation sites (tertiary alicyclic amines) is 1. The van der Waals surface area contributed by atoms with E-state index in [1.807, 2.05) is 0 Å². The van der Waals surface area contributed by atoms with Gasteiger partial charge in [0.1, 0.15) is 0 Å². The van der Waals surface area contributed by atoms with Crippen LogP contribution in [-0.2, 0) is 11.2 Å². The molecule has 0 saturated carbocycles. The lowest BCUT2D eigenvalue weighted by molar-refractivity contribution is -0.132. The molecule has 0 aromatic heterocycles. The zero-order valence-corrected chi connectivity index (χ0v) is 14.5. The van der Waals surface area contributed by atoms with Crippen LogP contribution in [0.5, 0.6) is 0 Å². The van der Waals surface area contributed by atoms with Crippen LogP contribution < -0.4 is 4.90 Å². The number of piperidine rings is 2. The molecule has 2 fully saturated rings. The Bertz CT molecular complexity index is 497. The molecule has 2 heterocycles. The maximum atomic E-state index is 12.3. The van der Waals surface area contributed by atoms with E-state index in [4.69, 9.17) is 0 Å². The van der Waals surface area contributed by atoms with E-state index in [2.05, 4.69) is 41.0 Å². The molecule has 0 atom stereocenters. The van der Waals surface area contributed by atoms with Crippen LogP contribution in [0.2, 0.25) is 0 Å². The highest BCUT2D eigenvalue weighted by Gasteiger charge is 2.19. The number of nitrogens with zero attached hydrogens (tertiary/aromatic N) is 2. The molecule has 0 radical (unpaired) electrons. The van der Waals surface area contributed by atoms with Gasteiger partial charge < -0.3 is 9.80 Å². The number of hydrogen-bond donors (Lipinski definition) is 0. The average Bonchev–Trinajstić information content (AvgIpc) is 2.61. The van der Waals surface area contributed by atoms with Gasteiger partial charge in [-0.05, 0) is 62.1 Å². The lowest BCUT2D eigenvalue weighted by Crippen LogP contribution is -2.37. The van der Waals surface area contributed by atoms with Crippen LogP contribution in [0.15, 0.2) is 24.3 Å². The molecule has 2 saturated heterocycles. The molecule has 1 aromatic rings. The molecular weight excluding hydrogens is 284 g/mol. The summed E-state index contributed by atoms with van der Waals surface area (Å²) in [6.07, 6.45) is 7.83. The Morgan fingerprint density at radius 1 is 1.00 bits per heavy atom. The predicted octanol–water partition coefficient (Wildman–Crippen LogP) is 3.87. The summed E-state index contributed by atoms with van der Waals surface area (Å²) in [5, 5.41) is 0. The molecule has 0 spiro atoms. The van der Waals surface area contributed by atoms with Crippen LogP contribution in [0.25, 0.3) is 0 Å². The molecule has 2 aliphatic rings. The van der Waals surface area contributed by atoms with Crippen molar-refractivity contribution in [1.29, 1.82) is 0 Å². The molecule has 3 rings (SSSR count). The molecular formula is C20H30N2O. The lowest BCUT2D eigenvalue weighted by Gasteiger charge is -2.30. The molecule has 23 heavy (non-hydrogen) atoms. The topological polar surface area (TPSA) is 23.6 Å². The number of carbonyl (C=O) groups excluding carboxylic acids is 1. The van der Waals surface area contributed by atoms with Gasteiger partial charge in [-0.15, -0.1) is 0 Å². The highest BCUT2D eigenvalue weighted by Crippen LogP contribution is 2.21. The first-order valence-corrected chi connectivity index (χ1v) is 9.34. The molecule has 126 valence electrons. The van der Waals surface area contributed by atoms with Gasteiger partial charge in [-0.3, -0.25) is 4.79 Å². The van der Waals surface area contributed by atoms with Crippen LogP contribution in [0, 0.1) is 5.92 Å². The van der Waals surface area contributed by atoms with E-state index in [0.717, 1.165) is 38.3 Å². The Kier molecular flexibility index (Phi) is 5.58. The van der Waals surface area contributed by atoms with Gasteiger partial charge in [-0.1, -0.05) is 19.1 Å². The third-order valence-electron chi connectivity index (χ3n) is 5.42. The lowest BCUT2D eigenvalue weighted by atomic mass is 9.98. The number of rotatable bonds is 4. The minimum absolute atomic E-state index is 0.331. The van der Waals surface area contributed by atoms with Gasteiger partial charge in [0, 0.05) is 38.3 Å². The van der Waals surface area contributed by atoms with Crippen molar-refractivity contribution in [3.8, 4) is 0 Å². The number of anilines is 1. The maximum Gasteiger partial charge on any atom is 0.222 e. The van der Waals surface area contributed by atoms with Crippen molar-refractivity contribution >= 4 is 11.6 Å². The number of hydrogen-bond acceptors (Lipinski definition) is 2. The van der Waals surface area contributed by atoms with E-state index in [9.17, 15) is 4.79 Å². The van der Waals surface area contributed by atoms with E-state index in [0.29, 0.717) is 12.3 Å². The molecule has 0 N–H and O–H groups in total. The predicted molar refractivity (Wildman–Crippen MR) is 95.8 cm³/mol. The zero-order chi connectivity index (χ0) is 16.1. The summed E-state index contributed by atoms with van der Waals surface area (Å²) in [6, 6.07) is 8.87. The van der Waals surface area contributed by atoms with Gasteiger partial charge in [0.15, 0.2) is 0 Å². The first-order chi connectivity index (χ1) is 11.2. The third-order valence-corrected chi connectivity index (χ3v) is 5.42. The summed E-state index contributed by atoms with van der Waals surface area (Å²) in [5.74, 6) is 1.11. The van der Waals surface area contributed by atoms with Crippen molar-refractivity contribution in [2.75, 3.05) is 31.1 Å². The van der Waals surface area contributed by atoms with Crippen molar-refractivity contribution in [3.63, 3.8) is 0 Å². The Morgan fingerprint density at radius 3 is 2.30 bits per heavy atom. The fourth-order valence-electron chi connectivity index (χ4n) is 3.69. The molecule has 1 aromatic carbocycles. The van der Waals surface area contributed by atoms with E-state index in [-0.39, 0.29) is 0 Å². The van der Waals surface area contributed by atoms with Crippen molar-refractivity contribution in [2.45, 2.75) is 51.9 Å². The summed E-state index contributed by atoms with van der Waals surface area (Å²) in [5.41, 5.74) is 2.62. The molecule has 0 aliphatic carbocycles. The molecule has 3 nitrogen and oxygen atoms in total. The van der Waals surface area contributed by atoms with Crippen molar-refractivity contribution in [1.82, 2.24) is 4.90 Å². The third kappa shape index (κ3) is 4.49. The van der Waals surface area contributed by atoms with Gasteiger partial charge in [0.05, 0.1) is 0 Å². The van der Waals surface area contributed by atoms with E-state index < -0.39 is 0 Å². The second-order valence-corrected chi connectivity index (χ2v) is 7.28. The van der Waals surface area contributed by atoms with E-state index in [1.165, 1.54) is 43.6 Å². The highest BCUT2D eigenvalue weighted by atomic mass is 16.2. The standard InChI is InChI=1S/C20H30N2O/c1-17-11-15-22(16-12-17)20(23)10-7-18-5-8-19(9-6-18)21-13-3-2-4-14-21/h5-6,8-9,17H,2-4,7,10-16H2,1H3. The number of amides is 1. The molecule has 1 amide bonds. The minimum atomic E-state index is 0.331. The van der Waals surface area contributed by atoms with Crippen LogP contribution in [0.3, 0.4) is 0 Å². The fourth-order valence-corrected chi connectivity index (χ4v) is 3.69. The van der Waals surface area contributed by atoms with Crippen LogP contribution in [0.1, 0.15) is 51.0 Å². The van der Waals surface area contributed by atoms with Crippen molar-refractivity contribution < 1.29 is 4.79 Å². The SMILES string of the molecule is CC1CCN(C(=O)CCc2ccc(N3CCCCC3)cc2)CC1. The summed E-state index contributed by atoms with van der Waals surface area (Å²) < 4.78 is 0. The van der Waals surface area contributed by atoms with Gasteiger partial charge in [0.2, 0.25) is 5.91 Å². The van der Waals surface area contributed by atoms with Gasteiger partial charge >= 0.3 is 0 Å². The van der Waals surface area contributed by atoms with Crippen LogP contribution in [-0.4, -0.2) is 37.0 Å². The molecule has 0 unspecified atom stereocenters. The van der Waals surface area contributed by atoms with Crippen LogP contribution in [0.4, 0.5) is 5.69 Å².